The van der Waals surface area contributed by atoms with Crippen LogP contribution in [0.5, 0.6) is 11.5 Å². The predicted molar refractivity (Wildman–Crippen MR) is 111 cm³/mol. The van der Waals surface area contributed by atoms with Crippen molar-refractivity contribution in [3.05, 3.63) is 83.4 Å². The number of halogens is 1. The van der Waals surface area contributed by atoms with Crippen molar-refractivity contribution in [2.24, 2.45) is 4.99 Å². The third-order valence-electron chi connectivity index (χ3n) is 3.70. The second-order valence-corrected chi connectivity index (χ2v) is 7.70. The first kappa shape index (κ1) is 19.9. The summed E-state index contributed by atoms with van der Waals surface area (Å²) in [6, 6.07) is 19.8. The molecule has 0 aromatic heterocycles. The number of hydrogen-bond acceptors (Lipinski definition) is 5. The van der Waals surface area contributed by atoms with Crippen LogP contribution in [0, 0.1) is 0 Å². The number of rotatable bonds is 7. The molecule has 3 rings (SSSR count). The molecule has 0 amide bonds. The number of hydrogen-bond donors (Lipinski definition) is 0. The summed E-state index contributed by atoms with van der Waals surface area (Å²) >= 11 is 6.06. The highest BCUT2D eigenvalue weighted by molar-refractivity contribution is 7.87. The number of nitrogens with zero attached hydrogens (tertiary/aromatic N) is 1. The van der Waals surface area contributed by atoms with Crippen LogP contribution in [0.4, 0.5) is 5.69 Å². The van der Waals surface area contributed by atoms with E-state index in [1.807, 2.05) is 19.1 Å². The molecule has 3 aromatic rings. The zero-order valence-corrected chi connectivity index (χ0v) is 16.7. The smallest absolute Gasteiger partial charge is 0.339 e. The number of aliphatic imine (C=N–C) groups is 1. The van der Waals surface area contributed by atoms with Crippen LogP contribution in [0.1, 0.15) is 12.5 Å². The van der Waals surface area contributed by atoms with Gasteiger partial charge in [-0.2, -0.15) is 8.42 Å². The van der Waals surface area contributed by atoms with Gasteiger partial charge in [-0.1, -0.05) is 29.8 Å². The highest BCUT2D eigenvalue weighted by Gasteiger charge is 2.18. The minimum Gasteiger partial charge on any atom is -0.494 e. The first-order valence-electron chi connectivity index (χ1n) is 8.54. The SMILES string of the molecule is CCOc1ccc(N=Cc2cc(Cl)ccc2OS(=O)(=O)c2ccccc2)cc1. The predicted octanol–water partition coefficient (Wildman–Crippen LogP) is 5.26. The molecule has 0 saturated carbocycles. The lowest BCUT2D eigenvalue weighted by Gasteiger charge is -2.10. The fourth-order valence-electron chi connectivity index (χ4n) is 2.39. The third kappa shape index (κ3) is 5.12. The molecule has 0 bridgehead atoms. The van der Waals surface area contributed by atoms with E-state index in [0.717, 1.165) is 5.75 Å². The Kier molecular flexibility index (Phi) is 6.34. The Hall–Kier alpha value is -2.83. The first-order chi connectivity index (χ1) is 13.5. The van der Waals surface area contributed by atoms with Crippen LogP contribution in [0.3, 0.4) is 0 Å². The maximum atomic E-state index is 12.5. The van der Waals surface area contributed by atoms with Crippen molar-refractivity contribution in [3.8, 4) is 11.5 Å². The van der Waals surface area contributed by atoms with Crippen molar-refractivity contribution in [1.29, 1.82) is 0 Å². The zero-order chi connectivity index (χ0) is 20.0. The van der Waals surface area contributed by atoms with E-state index in [4.69, 9.17) is 20.5 Å². The van der Waals surface area contributed by atoms with E-state index in [9.17, 15) is 8.42 Å². The molecule has 0 atom stereocenters. The summed E-state index contributed by atoms with van der Waals surface area (Å²) in [6.07, 6.45) is 1.51. The Balaban J connectivity index is 1.86. The van der Waals surface area contributed by atoms with Gasteiger partial charge in [0.05, 0.1) is 12.3 Å². The average molecular weight is 416 g/mol. The summed E-state index contributed by atoms with van der Waals surface area (Å²) in [7, 11) is -3.96. The van der Waals surface area contributed by atoms with Crippen molar-refractivity contribution in [1.82, 2.24) is 0 Å². The molecule has 28 heavy (non-hydrogen) atoms. The van der Waals surface area contributed by atoms with Gasteiger partial charge in [0.25, 0.3) is 0 Å². The van der Waals surface area contributed by atoms with E-state index in [0.29, 0.717) is 22.9 Å². The van der Waals surface area contributed by atoms with Crippen LogP contribution in [-0.2, 0) is 10.1 Å². The lowest BCUT2D eigenvalue weighted by Crippen LogP contribution is -2.10. The molecular weight excluding hydrogens is 398 g/mol. The van der Waals surface area contributed by atoms with E-state index in [1.165, 1.54) is 24.4 Å². The lowest BCUT2D eigenvalue weighted by molar-refractivity contribution is 0.340. The fraction of sp³-hybridized carbons (Fsp3) is 0.0952. The van der Waals surface area contributed by atoms with Gasteiger partial charge in [-0.15, -0.1) is 0 Å². The van der Waals surface area contributed by atoms with Crippen molar-refractivity contribution in [2.75, 3.05) is 6.61 Å². The van der Waals surface area contributed by atoms with Crippen LogP contribution < -0.4 is 8.92 Å². The molecule has 0 radical (unpaired) electrons. The molecule has 0 aliphatic carbocycles. The largest absolute Gasteiger partial charge is 0.494 e. The summed E-state index contributed by atoms with van der Waals surface area (Å²) in [4.78, 5) is 4.44. The summed E-state index contributed by atoms with van der Waals surface area (Å²) < 4.78 is 35.7. The van der Waals surface area contributed by atoms with Gasteiger partial charge in [0.1, 0.15) is 10.6 Å². The Morgan fingerprint density at radius 1 is 1.00 bits per heavy atom. The van der Waals surface area contributed by atoms with E-state index < -0.39 is 10.1 Å². The molecule has 0 N–H and O–H groups in total. The summed E-state index contributed by atoms with van der Waals surface area (Å²) in [5.41, 5.74) is 1.13. The monoisotopic (exact) mass is 415 g/mol. The molecule has 0 spiro atoms. The maximum Gasteiger partial charge on any atom is 0.339 e. The Labute approximate surface area is 169 Å². The summed E-state index contributed by atoms with van der Waals surface area (Å²) in [6.45, 7) is 2.50. The van der Waals surface area contributed by atoms with Gasteiger partial charge in [-0.3, -0.25) is 4.99 Å². The molecule has 0 aliphatic rings. The molecule has 0 heterocycles. The summed E-state index contributed by atoms with van der Waals surface area (Å²) in [5.74, 6) is 0.894. The van der Waals surface area contributed by atoms with E-state index >= 15 is 0 Å². The second-order valence-electron chi connectivity index (χ2n) is 5.72. The molecule has 144 valence electrons. The van der Waals surface area contributed by atoms with Gasteiger partial charge in [0.15, 0.2) is 5.75 Å². The third-order valence-corrected chi connectivity index (χ3v) is 5.19. The normalized spacial score (nSPS) is 11.5. The Bertz CT molecular complexity index is 1070. The van der Waals surface area contributed by atoms with Crippen LogP contribution in [-0.4, -0.2) is 21.2 Å². The van der Waals surface area contributed by atoms with Crippen molar-refractivity contribution >= 4 is 33.6 Å². The average Bonchev–Trinajstić information content (AvgIpc) is 2.70. The highest BCUT2D eigenvalue weighted by Crippen LogP contribution is 2.26. The highest BCUT2D eigenvalue weighted by atomic mass is 35.5. The van der Waals surface area contributed by atoms with Crippen molar-refractivity contribution in [3.63, 3.8) is 0 Å². The van der Waals surface area contributed by atoms with E-state index in [2.05, 4.69) is 4.99 Å². The van der Waals surface area contributed by atoms with Crippen molar-refractivity contribution in [2.45, 2.75) is 11.8 Å². The first-order valence-corrected chi connectivity index (χ1v) is 10.3. The molecule has 0 unspecified atom stereocenters. The fourth-order valence-corrected chi connectivity index (χ4v) is 3.54. The van der Waals surface area contributed by atoms with Gasteiger partial charge in [-0.25, -0.2) is 0 Å². The van der Waals surface area contributed by atoms with Gasteiger partial charge in [0.2, 0.25) is 0 Å². The molecule has 0 saturated heterocycles. The van der Waals surface area contributed by atoms with Gasteiger partial charge >= 0.3 is 10.1 Å². The lowest BCUT2D eigenvalue weighted by atomic mass is 10.2. The standard InChI is InChI=1S/C21H18ClNO4S/c1-2-26-19-11-9-18(10-12-19)23-15-16-14-17(22)8-13-21(16)27-28(24,25)20-6-4-3-5-7-20/h3-15H,2H2,1H3. The topological polar surface area (TPSA) is 65.0 Å². The van der Waals surface area contributed by atoms with Crippen LogP contribution >= 0.6 is 11.6 Å². The Morgan fingerprint density at radius 3 is 2.39 bits per heavy atom. The van der Waals surface area contributed by atoms with Crippen LogP contribution in [0.15, 0.2) is 82.7 Å². The van der Waals surface area contributed by atoms with Gasteiger partial charge < -0.3 is 8.92 Å². The molecule has 7 heteroatoms. The number of ether oxygens (including phenoxy) is 1. The van der Waals surface area contributed by atoms with E-state index in [-0.39, 0.29) is 10.6 Å². The molecule has 0 fully saturated rings. The Morgan fingerprint density at radius 2 is 1.71 bits per heavy atom. The second kappa shape index (κ2) is 8.91. The minimum atomic E-state index is -3.96. The van der Waals surface area contributed by atoms with Crippen molar-refractivity contribution < 1.29 is 17.3 Å². The van der Waals surface area contributed by atoms with Crippen LogP contribution in [0.25, 0.3) is 0 Å². The van der Waals surface area contributed by atoms with E-state index in [1.54, 1.807) is 42.5 Å². The van der Waals surface area contributed by atoms with Gasteiger partial charge in [-0.05, 0) is 61.5 Å². The number of benzene rings is 3. The molecular formula is C21H18ClNO4S. The molecule has 0 aliphatic heterocycles. The molecule has 3 aromatic carbocycles. The zero-order valence-electron chi connectivity index (χ0n) is 15.1. The van der Waals surface area contributed by atoms with Crippen LogP contribution in [0.2, 0.25) is 5.02 Å². The summed E-state index contributed by atoms with van der Waals surface area (Å²) in [5, 5.41) is 0.442. The molecule has 5 nitrogen and oxygen atoms in total. The minimum absolute atomic E-state index is 0.0688. The van der Waals surface area contributed by atoms with Gasteiger partial charge in [0, 0.05) is 16.8 Å². The quantitative estimate of drug-likeness (QED) is 0.390. The maximum absolute atomic E-state index is 12.5.